The van der Waals surface area contributed by atoms with Crippen molar-refractivity contribution >= 4 is 5.97 Å². The van der Waals surface area contributed by atoms with Crippen LogP contribution in [0.4, 0.5) is 0 Å². The number of unbranched alkanes of at least 4 members (excludes halogenated alkanes) is 2. The van der Waals surface area contributed by atoms with Crippen LogP contribution in [0.2, 0.25) is 0 Å². The van der Waals surface area contributed by atoms with E-state index in [4.69, 9.17) is 5.11 Å². The van der Waals surface area contributed by atoms with Crippen molar-refractivity contribution in [1.82, 2.24) is 10.6 Å². The van der Waals surface area contributed by atoms with Crippen LogP contribution in [0.15, 0.2) is 11.8 Å². The van der Waals surface area contributed by atoms with Crippen LogP contribution in [0.25, 0.3) is 0 Å². The van der Waals surface area contributed by atoms with Crippen LogP contribution < -0.4 is 45.3 Å². The molecule has 0 aromatic heterocycles. The molecule has 0 rings (SSSR count). The standard InChI is InChI=1S/C12H24N2O3.Na/c1-3-4-5-6-11(15)9-13-7-8-14-10(2)12(16)17;/h6,10,13-15H,3-5,7-9H2,1-2H3,(H,16,17);/q;+1/p-1/b11-6-;. The third-order valence-corrected chi connectivity index (χ3v) is 2.35. The zero-order chi connectivity index (χ0) is 13.1. The number of nitrogens with one attached hydrogen (secondary N) is 2. The van der Waals surface area contributed by atoms with E-state index < -0.39 is 12.0 Å². The number of rotatable bonds is 10. The molecule has 1 unspecified atom stereocenters. The number of aliphatic carboxylic acids is 1. The van der Waals surface area contributed by atoms with Crippen LogP contribution in [0.1, 0.15) is 33.1 Å². The molecule has 0 aliphatic heterocycles. The van der Waals surface area contributed by atoms with Crippen LogP contribution >= 0.6 is 0 Å². The molecule has 0 aromatic rings. The molecular weight excluding hydrogens is 243 g/mol. The first-order chi connectivity index (χ1) is 8.07. The minimum absolute atomic E-state index is 0. The van der Waals surface area contributed by atoms with Crippen molar-refractivity contribution in [3.63, 3.8) is 0 Å². The van der Waals surface area contributed by atoms with E-state index in [-0.39, 0.29) is 35.3 Å². The molecule has 100 valence electrons. The molecule has 0 saturated carbocycles. The molecule has 0 aromatic carbocycles. The van der Waals surface area contributed by atoms with Gasteiger partial charge in [-0.2, -0.15) is 0 Å². The maximum Gasteiger partial charge on any atom is 1.00 e. The van der Waals surface area contributed by atoms with Gasteiger partial charge in [0.05, 0.1) is 0 Å². The fraction of sp³-hybridized carbons (Fsp3) is 0.750. The van der Waals surface area contributed by atoms with Gasteiger partial charge in [0, 0.05) is 19.6 Å². The SMILES string of the molecule is CCCC/C=C(\[O-])CNCCNC(C)C(=O)O.[Na+]. The Bertz CT molecular complexity index is 247. The topological polar surface area (TPSA) is 84.4 Å². The van der Waals surface area contributed by atoms with E-state index in [1.165, 1.54) is 0 Å². The Kier molecular flexibility index (Phi) is 15.0. The quantitative estimate of drug-likeness (QED) is 0.224. The predicted molar refractivity (Wildman–Crippen MR) is 65.6 cm³/mol. The minimum Gasteiger partial charge on any atom is -0.875 e. The summed E-state index contributed by atoms with van der Waals surface area (Å²) < 4.78 is 0. The van der Waals surface area contributed by atoms with E-state index >= 15 is 0 Å². The summed E-state index contributed by atoms with van der Waals surface area (Å²) in [5.41, 5.74) is 0. The van der Waals surface area contributed by atoms with Gasteiger partial charge in [-0.15, -0.1) is 5.76 Å². The first-order valence-electron chi connectivity index (χ1n) is 6.10. The van der Waals surface area contributed by atoms with Crippen molar-refractivity contribution in [3.8, 4) is 0 Å². The molecule has 5 nitrogen and oxygen atoms in total. The summed E-state index contributed by atoms with van der Waals surface area (Å²) in [5, 5.41) is 25.7. The Balaban J connectivity index is 0. The second-order valence-electron chi connectivity index (χ2n) is 4.00. The van der Waals surface area contributed by atoms with Gasteiger partial charge in [0.1, 0.15) is 6.04 Å². The van der Waals surface area contributed by atoms with Gasteiger partial charge in [-0.1, -0.05) is 25.8 Å². The number of carboxylic acid groups (broad SMARTS) is 1. The molecule has 0 fully saturated rings. The largest absolute Gasteiger partial charge is 1.00 e. The first-order valence-corrected chi connectivity index (χ1v) is 6.10. The molecule has 0 radical (unpaired) electrons. The van der Waals surface area contributed by atoms with Crippen molar-refractivity contribution in [2.75, 3.05) is 19.6 Å². The molecule has 1 atom stereocenters. The molecular formula is C12H23N2NaO3. The van der Waals surface area contributed by atoms with Gasteiger partial charge in [-0.05, 0) is 13.3 Å². The zero-order valence-corrected chi connectivity index (χ0v) is 13.7. The maximum atomic E-state index is 11.3. The first kappa shape index (κ1) is 20.3. The number of hydrogen-bond donors (Lipinski definition) is 3. The van der Waals surface area contributed by atoms with Gasteiger partial charge < -0.3 is 20.8 Å². The van der Waals surface area contributed by atoms with Gasteiger partial charge in [0.15, 0.2) is 0 Å². The van der Waals surface area contributed by atoms with E-state index in [1.54, 1.807) is 13.0 Å². The average molecular weight is 266 g/mol. The Hall–Kier alpha value is -0.0700. The molecule has 0 spiro atoms. The minimum atomic E-state index is -0.867. The summed E-state index contributed by atoms with van der Waals surface area (Å²) in [6, 6.07) is -0.552. The molecule has 3 N–H and O–H groups in total. The summed E-state index contributed by atoms with van der Waals surface area (Å²) >= 11 is 0. The Morgan fingerprint density at radius 2 is 2.11 bits per heavy atom. The smallest absolute Gasteiger partial charge is 0.875 e. The van der Waals surface area contributed by atoms with E-state index in [2.05, 4.69) is 17.6 Å². The summed E-state index contributed by atoms with van der Waals surface area (Å²) in [7, 11) is 0. The summed E-state index contributed by atoms with van der Waals surface area (Å²) in [6.07, 6.45) is 4.69. The Labute approximate surface area is 131 Å². The second-order valence-corrected chi connectivity index (χ2v) is 4.00. The number of carbonyl (C=O) groups is 1. The monoisotopic (exact) mass is 266 g/mol. The van der Waals surface area contributed by atoms with Crippen LogP contribution in [0, 0.1) is 0 Å². The van der Waals surface area contributed by atoms with Crippen LogP contribution in [0.5, 0.6) is 0 Å². The zero-order valence-electron chi connectivity index (χ0n) is 11.7. The van der Waals surface area contributed by atoms with E-state index in [0.29, 0.717) is 19.6 Å². The van der Waals surface area contributed by atoms with E-state index in [0.717, 1.165) is 19.3 Å². The van der Waals surface area contributed by atoms with Gasteiger partial charge in [-0.3, -0.25) is 4.79 Å². The third kappa shape index (κ3) is 12.4. The normalized spacial score (nSPS) is 12.9. The molecule has 18 heavy (non-hydrogen) atoms. The molecule has 0 aliphatic rings. The van der Waals surface area contributed by atoms with Gasteiger partial charge in [0.25, 0.3) is 0 Å². The summed E-state index contributed by atoms with van der Waals surface area (Å²) in [4.78, 5) is 10.5. The molecule has 0 bridgehead atoms. The van der Waals surface area contributed by atoms with Gasteiger partial charge >= 0.3 is 35.5 Å². The van der Waals surface area contributed by atoms with Crippen molar-refractivity contribution in [1.29, 1.82) is 0 Å². The molecule has 0 amide bonds. The predicted octanol–water partition coefficient (Wildman–Crippen LogP) is -2.92. The molecule has 0 heterocycles. The number of carboxylic acids is 1. The Morgan fingerprint density at radius 3 is 2.67 bits per heavy atom. The fourth-order valence-electron chi connectivity index (χ4n) is 1.22. The maximum absolute atomic E-state index is 11.3. The average Bonchev–Trinajstić information content (AvgIpc) is 2.28. The molecule has 0 aliphatic carbocycles. The van der Waals surface area contributed by atoms with Crippen LogP contribution in [0.3, 0.4) is 0 Å². The van der Waals surface area contributed by atoms with Crippen LogP contribution in [-0.2, 0) is 4.79 Å². The molecule has 0 saturated heterocycles. The van der Waals surface area contributed by atoms with E-state index in [9.17, 15) is 9.90 Å². The summed E-state index contributed by atoms with van der Waals surface area (Å²) in [5.74, 6) is -0.765. The third-order valence-electron chi connectivity index (χ3n) is 2.35. The van der Waals surface area contributed by atoms with E-state index in [1.807, 2.05) is 0 Å². The van der Waals surface area contributed by atoms with Gasteiger partial charge in [0.2, 0.25) is 0 Å². The number of allylic oxidation sites excluding steroid dienone is 1. The van der Waals surface area contributed by atoms with Crippen molar-refractivity contribution < 1.29 is 44.6 Å². The van der Waals surface area contributed by atoms with Gasteiger partial charge in [-0.25, -0.2) is 0 Å². The van der Waals surface area contributed by atoms with Crippen molar-refractivity contribution in [3.05, 3.63) is 11.8 Å². The van der Waals surface area contributed by atoms with Crippen molar-refractivity contribution in [2.45, 2.75) is 39.2 Å². The second kappa shape index (κ2) is 13.4. The summed E-state index contributed by atoms with van der Waals surface area (Å²) in [6.45, 7) is 5.13. The Morgan fingerprint density at radius 1 is 1.44 bits per heavy atom. The van der Waals surface area contributed by atoms with Crippen LogP contribution in [-0.4, -0.2) is 36.8 Å². The molecule has 6 heteroatoms. The number of hydrogen-bond acceptors (Lipinski definition) is 4. The van der Waals surface area contributed by atoms with Crippen molar-refractivity contribution in [2.24, 2.45) is 0 Å². The fourth-order valence-corrected chi connectivity index (χ4v) is 1.22.